The van der Waals surface area contributed by atoms with E-state index < -0.39 is 10.8 Å². The van der Waals surface area contributed by atoms with Crippen molar-refractivity contribution in [3.05, 3.63) is 83.6 Å². The number of allylic oxidation sites excluding steroid dienone is 1. The van der Waals surface area contributed by atoms with Crippen molar-refractivity contribution < 1.29 is 4.21 Å². The molecule has 3 aromatic carbocycles. The first-order valence-electron chi connectivity index (χ1n) is 9.47. The van der Waals surface area contributed by atoms with Crippen LogP contribution in [0.3, 0.4) is 0 Å². The van der Waals surface area contributed by atoms with Gasteiger partial charge < -0.3 is 9.80 Å². The molecule has 0 aliphatic carbocycles. The maximum atomic E-state index is 12.8. The summed E-state index contributed by atoms with van der Waals surface area (Å²) < 4.78 is 12.8. The lowest BCUT2D eigenvalue weighted by atomic mass is 10.0. The van der Waals surface area contributed by atoms with E-state index in [0.29, 0.717) is 0 Å². The lowest BCUT2D eigenvalue weighted by molar-refractivity contribution is 0.516. The Morgan fingerprint density at radius 3 is 2.39 bits per heavy atom. The lowest BCUT2D eigenvalue weighted by Gasteiger charge is -2.22. The molecule has 3 nitrogen and oxygen atoms in total. The summed E-state index contributed by atoms with van der Waals surface area (Å²) in [5.74, 6) is 0. The van der Waals surface area contributed by atoms with Gasteiger partial charge in [-0.3, -0.25) is 0 Å². The van der Waals surface area contributed by atoms with Gasteiger partial charge in [0.1, 0.15) is 0 Å². The molecule has 1 unspecified atom stereocenters. The highest BCUT2D eigenvalue weighted by molar-refractivity contribution is 7.85. The van der Waals surface area contributed by atoms with Crippen LogP contribution < -0.4 is 4.90 Å². The molecule has 0 spiro atoms. The Kier molecular flexibility index (Phi) is 3.91. The highest BCUT2D eigenvalue weighted by Gasteiger charge is 2.29. The van der Waals surface area contributed by atoms with E-state index in [0.717, 1.165) is 27.6 Å². The third-order valence-electron chi connectivity index (χ3n) is 5.72. The first-order valence-corrected chi connectivity index (χ1v) is 10.6. The summed E-state index contributed by atoms with van der Waals surface area (Å²) in [7, 11) is 1.06. The minimum atomic E-state index is -1.08. The first kappa shape index (κ1) is 17.3. The molecule has 4 heteroatoms. The van der Waals surface area contributed by atoms with Gasteiger partial charge in [-0.25, -0.2) is 4.21 Å². The number of benzene rings is 3. The maximum absolute atomic E-state index is 12.8. The number of rotatable bonds is 2. The molecule has 3 aromatic rings. The molecule has 0 saturated carbocycles. The predicted molar refractivity (Wildman–Crippen MR) is 115 cm³/mol. The molecule has 0 N–H and O–H groups in total. The molecule has 0 saturated heterocycles. The third-order valence-corrected chi connectivity index (χ3v) is 7.23. The van der Waals surface area contributed by atoms with Gasteiger partial charge in [-0.2, -0.15) is 0 Å². The van der Waals surface area contributed by atoms with Crippen LogP contribution in [0.2, 0.25) is 0 Å². The lowest BCUT2D eigenvalue weighted by Crippen LogP contribution is -2.24. The number of hydrogen-bond acceptors (Lipinski definition) is 3. The maximum Gasteiger partial charge on any atom is 0.0947 e. The summed E-state index contributed by atoms with van der Waals surface area (Å²) in [6.07, 6.45) is 0. The van der Waals surface area contributed by atoms with Crippen LogP contribution in [0.5, 0.6) is 0 Å². The van der Waals surface area contributed by atoms with E-state index in [9.17, 15) is 4.21 Å². The van der Waals surface area contributed by atoms with E-state index in [1.807, 2.05) is 24.3 Å². The largest absolute Gasteiger partial charge is 0.355 e. The standard InChI is InChI=1S/C24H22N2OS/c1-16-8-4-6-10-21(16)26-15-25(3)24(17(26)2)18-12-13-23-20(14-18)19-9-5-7-11-22(19)28(23)27/h4-14H,15H2,1-3H3. The summed E-state index contributed by atoms with van der Waals surface area (Å²) in [6.45, 7) is 5.17. The average molecular weight is 387 g/mol. The number of fused-ring (bicyclic) bond motifs is 3. The summed E-state index contributed by atoms with van der Waals surface area (Å²) in [6, 6.07) is 22.9. The average Bonchev–Trinajstić information content (AvgIpc) is 3.16. The molecular weight excluding hydrogens is 364 g/mol. The molecule has 2 aliphatic heterocycles. The summed E-state index contributed by atoms with van der Waals surface area (Å²) >= 11 is 0. The van der Waals surface area contributed by atoms with Crippen molar-refractivity contribution in [2.24, 2.45) is 0 Å². The fraction of sp³-hybridized carbons (Fsp3) is 0.167. The predicted octanol–water partition coefficient (Wildman–Crippen LogP) is 5.24. The zero-order valence-corrected chi connectivity index (χ0v) is 17.1. The van der Waals surface area contributed by atoms with Crippen molar-refractivity contribution in [3.8, 4) is 11.1 Å². The second kappa shape index (κ2) is 6.35. The quantitative estimate of drug-likeness (QED) is 0.471. The molecular formula is C24H22N2OS. The Bertz CT molecular complexity index is 1160. The van der Waals surface area contributed by atoms with Gasteiger partial charge in [0.25, 0.3) is 0 Å². The van der Waals surface area contributed by atoms with Gasteiger partial charge in [-0.05, 0) is 49.2 Å². The Labute approximate surface area is 168 Å². The molecule has 28 heavy (non-hydrogen) atoms. The summed E-state index contributed by atoms with van der Waals surface area (Å²) in [5.41, 5.74) is 8.33. The Hall–Kier alpha value is -2.85. The van der Waals surface area contributed by atoms with E-state index in [2.05, 4.69) is 73.2 Å². The summed E-state index contributed by atoms with van der Waals surface area (Å²) in [4.78, 5) is 6.49. The van der Waals surface area contributed by atoms with Gasteiger partial charge in [0, 0.05) is 29.6 Å². The monoisotopic (exact) mass is 386 g/mol. The van der Waals surface area contributed by atoms with Crippen LogP contribution in [0.4, 0.5) is 5.69 Å². The molecule has 0 amide bonds. The van der Waals surface area contributed by atoms with Crippen molar-refractivity contribution in [2.45, 2.75) is 23.6 Å². The van der Waals surface area contributed by atoms with Gasteiger partial charge in [0.05, 0.1) is 33.0 Å². The van der Waals surface area contributed by atoms with E-state index in [1.54, 1.807) is 0 Å². The van der Waals surface area contributed by atoms with Gasteiger partial charge in [-0.1, -0.05) is 42.5 Å². The van der Waals surface area contributed by atoms with Crippen LogP contribution in [0.15, 0.2) is 82.2 Å². The van der Waals surface area contributed by atoms with Gasteiger partial charge >= 0.3 is 0 Å². The van der Waals surface area contributed by atoms with Gasteiger partial charge in [0.15, 0.2) is 0 Å². The number of hydrogen-bond donors (Lipinski definition) is 0. The topological polar surface area (TPSA) is 23.6 Å². The van der Waals surface area contributed by atoms with Crippen LogP contribution in [-0.4, -0.2) is 22.8 Å². The summed E-state index contributed by atoms with van der Waals surface area (Å²) in [5, 5.41) is 0. The van der Waals surface area contributed by atoms with Gasteiger partial charge in [-0.15, -0.1) is 0 Å². The fourth-order valence-electron chi connectivity index (χ4n) is 4.36. The van der Waals surface area contributed by atoms with Crippen molar-refractivity contribution in [3.63, 3.8) is 0 Å². The van der Waals surface area contributed by atoms with Crippen LogP contribution in [0.25, 0.3) is 16.8 Å². The number of aryl methyl sites for hydroxylation is 1. The molecule has 5 rings (SSSR count). The Morgan fingerprint density at radius 1 is 0.857 bits per heavy atom. The van der Waals surface area contributed by atoms with E-state index >= 15 is 0 Å². The zero-order valence-electron chi connectivity index (χ0n) is 16.3. The molecule has 2 aliphatic rings. The molecule has 0 radical (unpaired) electrons. The normalized spacial score (nSPS) is 17.9. The molecule has 0 aromatic heterocycles. The molecule has 2 heterocycles. The van der Waals surface area contributed by atoms with Gasteiger partial charge in [0.2, 0.25) is 0 Å². The second-order valence-corrected chi connectivity index (χ2v) is 8.88. The molecule has 0 fully saturated rings. The molecule has 1 atom stereocenters. The zero-order chi connectivity index (χ0) is 19.4. The first-order chi connectivity index (χ1) is 13.6. The highest BCUT2D eigenvalue weighted by atomic mass is 32.2. The Balaban J connectivity index is 1.63. The second-order valence-electron chi connectivity index (χ2n) is 7.46. The van der Waals surface area contributed by atoms with Crippen LogP contribution in [0.1, 0.15) is 18.1 Å². The van der Waals surface area contributed by atoms with Crippen molar-refractivity contribution in [1.82, 2.24) is 4.90 Å². The van der Waals surface area contributed by atoms with Crippen molar-refractivity contribution in [2.75, 3.05) is 18.6 Å². The number of anilines is 1. The van der Waals surface area contributed by atoms with E-state index in [4.69, 9.17) is 0 Å². The molecule has 0 bridgehead atoms. The minimum absolute atomic E-state index is 0.825. The molecule has 140 valence electrons. The highest BCUT2D eigenvalue weighted by Crippen LogP contribution is 2.43. The smallest absolute Gasteiger partial charge is 0.0947 e. The SMILES string of the molecule is CC1=C(c2ccc3c(c2)-c2ccccc2S3=O)N(C)CN1c1ccccc1C. The van der Waals surface area contributed by atoms with Crippen molar-refractivity contribution in [1.29, 1.82) is 0 Å². The third kappa shape index (κ3) is 2.45. The van der Waals surface area contributed by atoms with Crippen molar-refractivity contribution >= 4 is 22.2 Å². The Morgan fingerprint density at radius 2 is 1.57 bits per heavy atom. The number of para-hydroxylation sites is 1. The van der Waals surface area contributed by atoms with E-state index in [-0.39, 0.29) is 0 Å². The fourth-order valence-corrected chi connectivity index (χ4v) is 5.74. The van der Waals surface area contributed by atoms with Crippen LogP contribution in [0, 0.1) is 6.92 Å². The van der Waals surface area contributed by atoms with E-state index in [1.165, 1.54) is 28.2 Å². The van der Waals surface area contributed by atoms with Crippen LogP contribution >= 0.6 is 0 Å². The minimum Gasteiger partial charge on any atom is -0.355 e. The van der Waals surface area contributed by atoms with Crippen LogP contribution in [-0.2, 0) is 10.8 Å². The number of nitrogens with zero attached hydrogens (tertiary/aromatic N) is 2.